The van der Waals surface area contributed by atoms with Crippen molar-refractivity contribution in [2.24, 2.45) is 17.3 Å². The molecule has 3 aliphatic carbocycles. The van der Waals surface area contributed by atoms with E-state index in [2.05, 4.69) is 0 Å². The highest BCUT2D eigenvalue weighted by Crippen LogP contribution is 2.55. The quantitative estimate of drug-likeness (QED) is 0.604. The molecular formula is C16H28. The lowest BCUT2D eigenvalue weighted by Crippen LogP contribution is -2.28. The summed E-state index contributed by atoms with van der Waals surface area (Å²) >= 11 is 0. The number of rotatable bonds is 3. The molecule has 0 atom stereocenters. The SMILES string of the molecule is C1CCC(CC2(C3CCCC3)CCCC2)C1. The Morgan fingerprint density at radius 3 is 1.88 bits per heavy atom. The van der Waals surface area contributed by atoms with E-state index >= 15 is 0 Å². The average molecular weight is 220 g/mol. The van der Waals surface area contributed by atoms with Crippen LogP contribution in [0.15, 0.2) is 0 Å². The zero-order valence-corrected chi connectivity index (χ0v) is 10.8. The first-order valence-corrected chi connectivity index (χ1v) is 7.89. The number of hydrogen-bond acceptors (Lipinski definition) is 0. The molecule has 0 N–H and O–H groups in total. The van der Waals surface area contributed by atoms with Crippen molar-refractivity contribution in [1.82, 2.24) is 0 Å². The predicted octanol–water partition coefficient (Wildman–Crippen LogP) is 5.32. The highest BCUT2D eigenvalue weighted by Gasteiger charge is 2.43. The molecule has 0 heterocycles. The third-order valence-electron chi connectivity index (χ3n) is 5.99. The van der Waals surface area contributed by atoms with Crippen LogP contribution in [0, 0.1) is 17.3 Å². The van der Waals surface area contributed by atoms with Crippen molar-refractivity contribution in [3.8, 4) is 0 Å². The fourth-order valence-electron chi connectivity index (χ4n) is 5.19. The fraction of sp³-hybridized carbons (Fsp3) is 1.00. The smallest absolute Gasteiger partial charge is 0.0267 e. The van der Waals surface area contributed by atoms with Gasteiger partial charge in [0, 0.05) is 0 Å². The van der Waals surface area contributed by atoms with Crippen molar-refractivity contribution >= 4 is 0 Å². The van der Waals surface area contributed by atoms with Crippen LogP contribution >= 0.6 is 0 Å². The van der Waals surface area contributed by atoms with Gasteiger partial charge < -0.3 is 0 Å². The molecule has 0 nitrogen and oxygen atoms in total. The minimum Gasteiger partial charge on any atom is -0.0530 e. The molecule has 0 unspecified atom stereocenters. The van der Waals surface area contributed by atoms with Crippen LogP contribution < -0.4 is 0 Å². The van der Waals surface area contributed by atoms with Gasteiger partial charge in [0.2, 0.25) is 0 Å². The van der Waals surface area contributed by atoms with E-state index in [1.807, 2.05) is 0 Å². The molecule has 0 bridgehead atoms. The summed E-state index contributed by atoms with van der Waals surface area (Å²) < 4.78 is 0. The Hall–Kier alpha value is 0. The first kappa shape index (κ1) is 11.1. The minimum absolute atomic E-state index is 0.839. The first-order valence-electron chi connectivity index (χ1n) is 7.89. The molecule has 0 aromatic carbocycles. The van der Waals surface area contributed by atoms with E-state index in [4.69, 9.17) is 0 Å². The second-order valence-corrected chi connectivity index (χ2v) is 6.91. The summed E-state index contributed by atoms with van der Waals surface area (Å²) in [6.07, 6.45) is 20.3. The topological polar surface area (TPSA) is 0 Å². The van der Waals surface area contributed by atoms with Gasteiger partial charge in [-0.15, -0.1) is 0 Å². The van der Waals surface area contributed by atoms with Gasteiger partial charge in [-0.1, -0.05) is 51.4 Å². The van der Waals surface area contributed by atoms with Gasteiger partial charge in [-0.25, -0.2) is 0 Å². The first-order chi connectivity index (χ1) is 7.89. The molecule has 0 heteroatoms. The Morgan fingerprint density at radius 1 is 0.688 bits per heavy atom. The maximum atomic E-state index is 1.62. The van der Waals surface area contributed by atoms with Gasteiger partial charge in [-0.3, -0.25) is 0 Å². The lowest BCUT2D eigenvalue weighted by atomic mass is 9.67. The van der Waals surface area contributed by atoms with E-state index in [-0.39, 0.29) is 0 Å². The third kappa shape index (κ3) is 2.05. The van der Waals surface area contributed by atoms with Crippen LogP contribution in [0.5, 0.6) is 0 Å². The summed E-state index contributed by atoms with van der Waals surface area (Å²) in [6.45, 7) is 0. The normalized spacial score (nSPS) is 31.5. The van der Waals surface area contributed by atoms with Crippen molar-refractivity contribution in [3.63, 3.8) is 0 Å². The highest BCUT2D eigenvalue weighted by molar-refractivity contribution is 4.94. The zero-order valence-electron chi connectivity index (χ0n) is 10.8. The molecule has 0 radical (unpaired) electrons. The Labute approximate surface area is 101 Å². The van der Waals surface area contributed by atoms with Crippen molar-refractivity contribution in [3.05, 3.63) is 0 Å². The van der Waals surface area contributed by atoms with Crippen LogP contribution in [0.1, 0.15) is 83.5 Å². The van der Waals surface area contributed by atoms with E-state index in [9.17, 15) is 0 Å². The molecule has 0 aliphatic heterocycles. The molecule has 3 aliphatic rings. The summed E-state index contributed by atoms with van der Waals surface area (Å²) in [4.78, 5) is 0. The van der Waals surface area contributed by atoms with E-state index in [1.54, 1.807) is 57.8 Å². The summed E-state index contributed by atoms with van der Waals surface area (Å²) in [5.74, 6) is 2.26. The second kappa shape index (κ2) is 4.70. The molecule has 16 heavy (non-hydrogen) atoms. The van der Waals surface area contributed by atoms with Gasteiger partial charge >= 0.3 is 0 Å². The van der Waals surface area contributed by atoms with Crippen LogP contribution in [0.25, 0.3) is 0 Å². The summed E-state index contributed by atoms with van der Waals surface area (Å²) in [6, 6.07) is 0. The molecule has 3 fully saturated rings. The Kier molecular flexibility index (Phi) is 3.27. The largest absolute Gasteiger partial charge is 0.0530 e. The molecule has 3 rings (SSSR count). The van der Waals surface area contributed by atoms with Crippen LogP contribution in [0.4, 0.5) is 0 Å². The maximum Gasteiger partial charge on any atom is -0.0267 e. The third-order valence-corrected chi connectivity index (χ3v) is 5.99. The lowest BCUT2D eigenvalue weighted by Gasteiger charge is -2.38. The Balaban J connectivity index is 1.68. The summed E-state index contributed by atoms with van der Waals surface area (Å²) in [5, 5.41) is 0. The lowest BCUT2D eigenvalue weighted by molar-refractivity contribution is 0.124. The van der Waals surface area contributed by atoms with E-state index in [0.29, 0.717) is 0 Å². The van der Waals surface area contributed by atoms with Crippen molar-refractivity contribution in [1.29, 1.82) is 0 Å². The van der Waals surface area contributed by atoms with E-state index < -0.39 is 0 Å². The highest BCUT2D eigenvalue weighted by atomic mass is 14.5. The molecule has 3 saturated carbocycles. The molecule has 0 amide bonds. The van der Waals surface area contributed by atoms with Gasteiger partial charge in [-0.05, 0) is 49.4 Å². The van der Waals surface area contributed by atoms with E-state index in [0.717, 1.165) is 17.3 Å². The van der Waals surface area contributed by atoms with Gasteiger partial charge in [0.05, 0.1) is 0 Å². The van der Waals surface area contributed by atoms with Crippen molar-refractivity contribution < 1.29 is 0 Å². The minimum atomic E-state index is 0.839. The van der Waals surface area contributed by atoms with E-state index in [1.165, 1.54) is 25.7 Å². The zero-order chi connectivity index (χ0) is 10.8. The summed E-state index contributed by atoms with van der Waals surface area (Å²) in [7, 11) is 0. The molecule has 0 aromatic heterocycles. The summed E-state index contributed by atoms with van der Waals surface area (Å²) in [5.41, 5.74) is 0.839. The molecule has 0 spiro atoms. The van der Waals surface area contributed by atoms with Crippen LogP contribution in [-0.2, 0) is 0 Å². The van der Waals surface area contributed by atoms with Crippen molar-refractivity contribution in [2.45, 2.75) is 83.5 Å². The van der Waals surface area contributed by atoms with Crippen molar-refractivity contribution in [2.75, 3.05) is 0 Å². The van der Waals surface area contributed by atoms with Gasteiger partial charge in [0.1, 0.15) is 0 Å². The maximum absolute atomic E-state index is 1.62. The molecule has 0 saturated heterocycles. The molecule has 92 valence electrons. The monoisotopic (exact) mass is 220 g/mol. The Bertz CT molecular complexity index is 212. The average Bonchev–Trinajstić information content (AvgIpc) is 3.00. The van der Waals surface area contributed by atoms with Crippen LogP contribution in [0.3, 0.4) is 0 Å². The van der Waals surface area contributed by atoms with Gasteiger partial charge in [-0.2, -0.15) is 0 Å². The molecular weight excluding hydrogens is 192 g/mol. The fourth-order valence-corrected chi connectivity index (χ4v) is 5.19. The second-order valence-electron chi connectivity index (χ2n) is 6.91. The predicted molar refractivity (Wildman–Crippen MR) is 69.4 cm³/mol. The van der Waals surface area contributed by atoms with Crippen LogP contribution in [0.2, 0.25) is 0 Å². The Morgan fingerprint density at radius 2 is 1.25 bits per heavy atom. The molecule has 0 aromatic rings. The number of hydrogen-bond donors (Lipinski definition) is 0. The van der Waals surface area contributed by atoms with Gasteiger partial charge in [0.25, 0.3) is 0 Å². The standard InChI is InChI=1S/C16H28/c1-2-8-14(7-1)13-16(11-5-6-12-16)15-9-3-4-10-15/h14-15H,1-13H2. The van der Waals surface area contributed by atoms with Gasteiger partial charge in [0.15, 0.2) is 0 Å². The van der Waals surface area contributed by atoms with Crippen LogP contribution in [-0.4, -0.2) is 0 Å².